The second-order valence-corrected chi connectivity index (χ2v) is 4.97. The van der Waals surface area contributed by atoms with Gasteiger partial charge in [0.25, 0.3) is 0 Å². The van der Waals surface area contributed by atoms with Crippen LogP contribution in [0.25, 0.3) is 0 Å². The number of nitrogens with zero attached hydrogens (tertiary/aromatic N) is 2. The smallest absolute Gasteiger partial charge is 0.191 e. The maximum absolute atomic E-state index is 13.5. The monoisotopic (exact) mass is 444 g/mol. The number of benzene rings is 1. The Labute approximate surface area is 158 Å². The Bertz CT molecular complexity index is 652. The number of aromatic nitrogens is 1. The summed E-state index contributed by atoms with van der Waals surface area (Å²) >= 11 is 0. The molecule has 0 atom stereocenters. The normalized spacial score (nSPS) is 10.7. The molecule has 2 rings (SSSR count). The van der Waals surface area contributed by atoms with E-state index < -0.39 is 0 Å². The summed E-state index contributed by atoms with van der Waals surface area (Å²) in [7, 11) is 1.69. The fraction of sp³-hybridized carbons (Fsp3) is 0.294. The number of pyridine rings is 1. The van der Waals surface area contributed by atoms with Gasteiger partial charge in [0.1, 0.15) is 18.2 Å². The molecule has 0 unspecified atom stereocenters. The van der Waals surface area contributed by atoms with Crippen molar-refractivity contribution >= 4 is 29.9 Å². The van der Waals surface area contributed by atoms with Crippen LogP contribution in [0.4, 0.5) is 4.39 Å². The number of rotatable bonds is 6. The predicted octanol–water partition coefficient (Wildman–Crippen LogP) is 2.89. The van der Waals surface area contributed by atoms with Gasteiger partial charge in [-0.2, -0.15) is 0 Å². The third-order valence-corrected chi connectivity index (χ3v) is 3.22. The summed E-state index contributed by atoms with van der Waals surface area (Å²) in [6, 6.07) is 8.87. The molecule has 0 radical (unpaired) electrons. The SMILES string of the molecule is CN=C(NCCOc1cccnc1)NCc1ccc(C)c(F)c1.I. The second-order valence-electron chi connectivity index (χ2n) is 4.97. The van der Waals surface area contributed by atoms with Crippen molar-refractivity contribution in [1.82, 2.24) is 15.6 Å². The minimum absolute atomic E-state index is 0. The second kappa shape index (κ2) is 10.8. The number of aryl methyl sites for hydroxylation is 1. The van der Waals surface area contributed by atoms with Gasteiger partial charge in [0.15, 0.2) is 5.96 Å². The zero-order chi connectivity index (χ0) is 16.5. The third-order valence-electron chi connectivity index (χ3n) is 3.22. The average Bonchev–Trinajstić information content (AvgIpc) is 2.58. The first kappa shape index (κ1) is 20.1. The largest absolute Gasteiger partial charge is 0.490 e. The Kier molecular flexibility index (Phi) is 9.06. The number of halogens is 2. The summed E-state index contributed by atoms with van der Waals surface area (Å²) < 4.78 is 19.0. The van der Waals surface area contributed by atoms with E-state index in [0.717, 1.165) is 11.3 Å². The number of nitrogens with one attached hydrogen (secondary N) is 2. The third kappa shape index (κ3) is 6.69. The molecule has 0 saturated heterocycles. The topological polar surface area (TPSA) is 58.5 Å². The van der Waals surface area contributed by atoms with Gasteiger partial charge in [0, 0.05) is 19.8 Å². The molecule has 0 aliphatic carbocycles. The summed E-state index contributed by atoms with van der Waals surface area (Å²) in [6.45, 7) is 3.33. The van der Waals surface area contributed by atoms with Gasteiger partial charge in [0.2, 0.25) is 0 Å². The fourth-order valence-electron chi connectivity index (χ4n) is 1.92. The van der Waals surface area contributed by atoms with Crippen LogP contribution in [0.15, 0.2) is 47.7 Å². The lowest BCUT2D eigenvalue weighted by Crippen LogP contribution is -2.38. The van der Waals surface area contributed by atoms with Gasteiger partial charge in [-0.05, 0) is 36.2 Å². The van der Waals surface area contributed by atoms with E-state index in [1.807, 2.05) is 18.2 Å². The summed E-state index contributed by atoms with van der Waals surface area (Å²) in [5.74, 6) is 1.17. The maximum Gasteiger partial charge on any atom is 0.191 e. The van der Waals surface area contributed by atoms with Crippen LogP contribution in [0.2, 0.25) is 0 Å². The molecule has 2 N–H and O–H groups in total. The molecule has 1 aromatic carbocycles. The standard InChI is InChI=1S/C17H21FN4O.HI/c1-13-5-6-14(10-16(13)18)11-22-17(19-2)21-8-9-23-15-4-3-7-20-12-15;/h3-7,10,12H,8-9,11H2,1-2H3,(H2,19,21,22);1H. The number of hydrogen-bond donors (Lipinski definition) is 2. The van der Waals surface area contributed by atoms with Crippen LogP contribution in [0.1, 0.15) is 11.1 Å². The Balaban J connectivity index is 0.00000288. The number of aliphatic imine (C=N–C) groups is 1. The van der Waals surface area contributed by atoms with Crippen molar-refractivity contribution in [2.24, 2.45) is 4.99 Å². The molecule has 130 valence electrons. The van der Waals surface area contributed by atoms with Crippen LogP contribution in [-0.4, -0.2) is 31.1 Å². The van der Waals surface area contributed by atoms with E-state index in [2.05, 4.69) is 20.6 Å². The average molecular weight is 444 g/mol. The molecule has 7 heteroatoms. The molecular formula is C17H22FIN4O. The molecule has 0 fully saturated rings. The van der Waals surface area contributed by atoms with Gasteiger partial charge in [0.05, 0.1) is 12.7 Å². The maximum atomic E-state index is 13.5. The van der Waals surface area contributed by atoms with E-state index in [1.165, 1.54) is 6.07 Å². The van der Waals surface area contributed by atoms with E-state index in [0.29, 0.717) is 31.2 Å². The first-order chi connectivity index (χ1) is 11.2. The molecular weight excluding hydrogens is 422 g/mol. The van der Waals surface area contributed by atoms with Crippen molar-refractivity contribution < 1.29 is 9.13 Å². The molecule has 0 aliphatic rings. The summed E-state index contributed by atoms with van der Waals surface area (Å²) in [5.41, 5.74) is 1.51. The van der Waals surface area contributed by atoms with E-state index in [9.17, 15) is 4.39 Å². The highest BCUT2D eigenvalue weighted by Gasteiger charge is 2.01. The van der Waals surface area contributed by atoms with Gasteiger partial charge in [-0.1, -0.05) is 12.1 Å². The highest BCUT2D eigenvalue weighted by atomic mass is 127. The van der Waals surface area contributed by atoms with Crippen LogP contribution in [0.5, 0.6) is 5.75 Å². The van der Waals surface area contributed by atoms with Crippen LogP contribution >= 0.6 is 24.0 Å². The quantitative estimate of drug-likeness (QED) is 0.312. The van der Waals surface area contributed by atoms with Crippen molar-refractivity contribution in [1.29, 1.82) is 0 Å². The molecule has 1 aromatic heterocycles. The highest BCUT2D eigenvalue weighted by Crippen LogP contribution is 2.08. The van der Waals surface area contributed by atoms with Gasteiger partial charge >= 0.3 is 0 Å². The van der Waals surface area contributed by atoms with Gasteiger partial charge < -0.3 is 15.4 Å². The first-order valence-electron chi connectivity index (χ1n) is 7.41. The molecule has 1 heterocycles. The minimum Gasteiger partial charge on any atom is -0.490 e. The van der Waals surface area contributed by atoms with E-state index in [-0.39, 0.29) is 29.8 Å². The van der Waals surface area contributed by atoms with E-state index in [4.69, 9.17) is 4.74 Å². The predicted molar refractivity (Wildman–Crippen MR) is 104 cm³/mol. The van der Waals surface area contributed by atoms with Gasteiger partial charge in [-0.15, -0.1) is 24.0 Å². The van der Waals surface area contributed by atoms with Gasteiger partial charge in [-0.25, -0.2) is 4.39 Å². The van der Waals surface area contributed by atoms with E-state index >= 15 is 0 Å². The summed E-state index contributed by atoms with van der Waals surface area (Å²) in [5, 5.41) is 6.27. The van der Waals surface area contributed by atoms with Crippen molar-refractivity contribution in [2.45, 2.75) is 13.5 Å². The van der Waals surface area contributed by atoms with Crippen molar-refractivity contribution in [3.63, 3.8) is 0 Å². The van der Waals surface area contributed by atoms with E-state index in [1.54, 1.807) is 32.4 Å². The van der Waals surface area contributed by atoms with Crippen LogP contribution in [0.3, 0.4) is 0 Å². The molecule has 0 aliphatic heterocycles. The summed E-state index contributed by atoms with van der Waals surface area (Å²) in [6.07, 6.45) is 3.36. The van der Waals surface area contributed by atoms with Crippen molar-refractivity contribution in [3.05, 3.63) is 59.7 Å². The van der Waals surface area contributed by atoms with Gasteiger partial charge in [-0.3, -0.25) is 9.98 Å². The van der Waals surface area contributed by atoms with Crippen LogP contribution in [0, 0.1) is 12.7 Å². The Morgan fingerprint density at radius 2 is 2.12 bits per heavy atom. The molecule has 24 heavy (non-hydrogen) atoms. The Hall–Kier alpha value is -1.90. The lowest BCUT2D eigenvalue weighted by Gasteiger charge is -2.12. The van der Waals surface area contributed by atoms with Crippen LogP contribution < -0.4 is 15.4 Å². The van der Waals surface area contributed by atoms with Crippen molar-refractivity contribution in [3.8, 4) is 5.75 Å². The minimum atomic E-state index is -0.197. The van der Waals surface area contributed by atoms with Crippen molar-refractivity contribution in [2.75, 3.05) is 20.2 Å². The molecule has 0 amide bonds. The first-order valence-corrected chi connectivity index (χ1v) is 7.41. The lowest BCUT2D eigenvalue weighted by atomic mass is 10.1. The molecule has 0 saturated carbocycles. The zero-order valence-corrected chi connectivity index (χ0v) is 16.1. The number of ether oxygens (including phenoxy) is 1. The lowest BCUT2D eigenvalue weighted by molar-refractivity contribution is 0.320. The highest BCUT2D eigenvalue weighted by molar-refractivity contribution is 14.0. The molecule has 5 nitrogen and oxygen atoms in total. The molecule has 0 bridgehead atoms. The number of hydrogen-bond acceptors (Lipinski definition) is 3. The van der Waals surface area contributed by atoms with Crippen LogP contribution in [-0.2, 0) is 6.54 Å². The molecule has 0 spiro atoms. The fourth-order valence-corrected chi connectivity index (χ4v) is 1.92. The Morgan fingerprint density at radius 3 is 2.79 bits per heavy atom. The summed E-state index contributed by atoms with van der Waals surface area (Å²) in [4.78, 5) is 8.10. The number of guanidine groups is 1. The Morgan fingerprint density at radius 1 is 1.29 bits per heavy atom. The zero-order valence-electron chi connectivity index (χ0n) is 13.8. The molecule has 2 aromatic rings.